The van der Waals surface area contributed by atoms with Gasteiger partial charge in [0.05, 0.1) is 34.8 Å². The molecule has 1 aromatic carbocycles. The molecule has 5 heterocycles. The van der Waals surface area contributed by atoms with Crippen LogP contribution in [-0.2, 0) is 11.3 Å². The number of benzene rings is 1. The van der Waals surface area contributed by atoms with Crippen LogP contribution in [-0.4, -0.2) is 59.2 Å². The van der Waals surface area contributed by atoms with Crippen molar-refractivity contribution in [2.75, 3.05) is 49.6 Å². The topological polar surface area (TPSA) is 66.4 Å². The lowest BCUT2D eigenvalue weighted by Crippen LogP contribution is -2.37. The summed E-state index contributed by atoms with van der Waals surface area (Å²) < 4.78 is 21.0. The zero-order valence-corrected chi connectivity index (χ0v) is 21.2. The lowest BCUT2D eigenvalue weighted by Gasteiger charge is -2.31. The molecule has 3 aromatic heterocycles. The third kappa shape index (κ3) is 4.78. The van der Waals surface area contributed by atoms with Crippen molar-refractivity contribution >= 4 is 38.9 Å². The molecular formula is C27H29FN6OS. The summed E-state index contributed by atoms with van der Waals surface area (Å²) >= 11 is 1.45. The molecular weight excluding hydrogens is 475 g/mol. The van der Waals surface area contributed by atoms with Crippen molar-refractivity contribution < 1.29 is 9.13 Å². The minimum Gasteiger partial charge on any atom is -0.378 e. The van der Waals surface area contributed by atoms with Gasteiger partial charge in [-0.2, -0.15) is 0 Å². The SMILES string of the molecule is Cc1cccc(F)c1-c1nc2cc(Nc3ccc(N4CCOCC4)c(CN4CCCC4)n3)ncc2s1. The molecule has 0 amide bonds. The van der Waals surface area contributed by atoms with Crippen LogP contribution in [0.3, 0.4) is 0 Å². The van der Waals surface area contributed by atoms with Gasteiger partial charge >= 0.3 is 0 Å². The Morgan fingerprint density at radius 3 is 2.67 bits per heavy atom. The fraction of sp³-hybridized carbons (Fsp3) is 0.370. The van der Waals surface area contributed by atoms with E-state index in [4.69, 9.17) is 14.7 Å². The number of rotatable bonds is 6. The Kier molecular flexibility index (Phi) is 6.52. The molecule has 0 spiro atoms. The van der Waals surface area contributed by atoms with Crippen molar-refractivity contribution in [3.05, 3.63) is 59.7 Å². The van der Waals surface area contributed by atoms with Crippen molar-refractivity contribution in [3.8, 4) is 10.6 Å². The van der Waals surface area contributed by atoms with Gasteiger partial charge in [0.2, 0.25) is 0 Å². The maximum Gasteiger partial charge on any atom is 0.133 e. The second-order valence-electron chi connectivity index (χ2n) is 9.36. The molecule has 7 nitrogen and oxygen atoms in total. The van der Waals surface area contributed by atoms with E-state index in [9.17, 15) is 4.39 Å². The van der Waals surface area contributed by atoms with Crippen LogP contribution in [0.25, 0.3) is 20.8 Å². The second kappa shape index (κ2) is 10.1. The first-order chi connectivity index (χ1) is 17.6. The number of hydrogen-bond acceptors (Lipinski definition) is 8. The zero-order chi connectivity index (χ0) is 24.5. The molecule has 0 radical (unpaired) electrons. The maximum atomic E-state index is 14.5. The van der Waals surface area contributed by atoms with E-state index in [1.165, 1.54) is 35.9 Å². The summed E-state index contributed by atoms with van der Waals surface area (Å²) in [6.07, 6.45) is 4.29. The van der Waals surface area contributed by atoms with E-state index in [-0.39, 0.29) is 5.82 Å². The fourth-order valence-corrected chi connectivity index (χ4v) is 6.00. The monoisotopic (exact) mass is 504 g/mol. The lowest BCUT2D eigenvalue weighted by molar-refractivity contribution is 0.122. The van der Waals surface area contributed by atoms with Gasteiger partial charge in [-0.05, 0) is 56.6 Å². The quantitative estimate of drug-likeness (QED) is 0.378. The zero-order valence-electron chi connectivity index (χ0n) is 20.3. The molecule has 2 aliphatic heterocycles. The Hall–Kier alpha value is -3.14. The standard InChI is InChI=1S/C27H29FN6OS/c1-18-5-4-6-19(28)26(18)27-31-20-15-25(29-16-23(20)36-27)32-24-8-7-22(34-11-13-35-14-12-34)21(30-24)17-33-9-2-3-10-33/h4-8,15-16H,2-3,9-14,17H2,1H3,(H,29,30,32). The molecule has 0 aliphatic carbocycles. The minimum absolute atomic E-state index is 0.254. The van der Waals surface area contributed by atoms with Crippen molar-refractivity contribution in [1.29, 1.82) is 0 Å². The number of ether oxygens (including phenoxy) is 1. The molecule has 2 saturated heterocycles. The normalized spacial score (nSPS) is 16.7. The van der Waals surface area contributed by atoms with Crippen LogP contribution in [0, 0.1) is 12.7 Å². The van der Waals surface area contributed by atoms with Crippen molar-refractivity contribution in [2.45, 2.75) is 26.3 Å². The van der Waals surface area contributed by atoms with Crippen LogP contribution >= 0.6 is 11.3 Å². The average molecular weight is 505 g/mol. The molecule has 2 aliphatic rings. The predicted octanol–water partition coefficient (Wildman–Crippen LogP) is 5.38. The van der Waals surface area contributed by atoms with Gasteiger partial charge < -0.3 is 15.0 Å². The number of hydrogen-bond donors (Lipinski definition) is 1. The summed E-state index contributed by atoms with van der Waals surface area (Å²) in [5, 5.41) is 4.04. The molecule has 6 rings (SSSR count). The Labute approximate surface area is 214 Å². The first-order valence-corrected chi connectivity index (χ1v) is 13.3. The number of nitrogens with zero attached hydrogens (tertiary/aromatic N) is 5. The van der Waals surface area contributed by atoms with Crippen LogP contribution in [0.5, 0.6) is 0 Å². The van der Waals surface area contributed by atoms with Crippen molar-refractivity contribution in [2.24, 2.45) is 0 Å². The van der Waals surface area contributed by atoms with Gasteiger partial charge in [-0.25, -0.2) is 19.3 Å². The van der Waals surface area contributed by atoms with Gasteiger partial charge in [0.25, 0.3) is 0 Å². The van der Waals surface area contributed by atoms with E-state index < -0.39 is 0 Å². The smallest absolute Gasteiger partial charge is 0.133 e. The van der Waals surface area contributed by atoms with Crippen molar-refractivity contribution in [3.63, 3.8) is 0 Å². The summed E-state index contributed by atoms with van der Waals surface area (Å²) in [5.74, 6) is 1.17. The molecule has 4 aromatic rings. The predicted molar refractivity (Wildman–Crippen MR) is 143 cm³/mol. The van der Waals surface area contributed by atoms with E-state index in [0.29, 0.717) is 16.4 Å². The van der Waals surface area contributed by atoms with Gasteiger partial charge in [-0.3, -0.25) is 4.90 Å². The molecule has 2 fully saturated rings. The molecule has 0 unspecified atom stereocenters. The highest BCUT2D eigenvalue weighted by Crippen LogP contribution is 2.34. The summed E-state index contributed by atoms with van der Waals surface area (Å²) in [6.45, 7) is 8.24. The highest BCUT2D eigenvalue weighted by molar-refractivity contribution is 7.21. The number of halogens is 1. The maximum absolute atomic E-state index is 14.5. The Bertz CT molecular complexity index is 1360. The van der Waals surface area contributed by atoms with E-state index in [1.54, 1.807) is 12.3 Å². The summed E-state index contributed by atoms with van der Waals surface area (Å²) in [6, 6.07) is 11.2. The number of fused-ring (bicyclic) bond motifs is 1. The highest BCUT2D eigenvalue weighted by Gasteiger charge is 2.20. The fourth-order valence-electron chi connectivity index (χ4n) is 4.97. The molecule has 1 N–H and O–H groups in total. The number of morpholine rings is 1. The van der Waals surface area contributed by atoms with Gasteiger partial charge in [0, 0.05) is 37.5 Å². The van der Waals surface area contributed by atoms with Gasteiger partial charge in [-0.15, -0.1) is 11.3 Å². The Morgan fingerprint density at radius 1 is 1.03 bits per heavy atom. The number of anilines is 3. The number of thiazole rings is 1. The van der Waals surface area contributed by atoms with Crippen LogP contribution in [0.2, 0.25) is 0 Å². The number of aromatic nitrogens is 3. The summed E-state index contributed by atoms with van der Waals surface area (Å²) in [5.41, 5.74) is 4.48. The van der Waals surface area contributed by atoms with Crippen LogP contribution in [0.4, 0.5) is 21.7 Å². The van der Waals surface area contributed by atoms with Gasteiger partial charge in [0.15, 0.2) is 0 Å². The molecule has 9 heteroatoms. The number of pyridine rings is 2. The van der Waals surface area contributed by atoms with E-state index in [2.05, 4.69) is 26.2 Å². The van der Waals surface area contributed by atoms with E-state index in [1.807, 2.05) is 25.1 Å². The summed E-state index contributed by atoms with van der Waals surface area (Å²) in [7, 11) is 0. The van der Waals surface area contributed by atoms with Crippen LogP contribution < -0.4 is 10.2 Å². The minimum atomic E-state index is -0.254. The lowest BCUT2D eigenvalue weighted by atomic mass is 10.1. The Balaban J connectivity index is 1.28. The van der Waals surface area contributed by atoms with Crippen LogP contribution in [0.15, 0.2) is 42.6 Å². The number of likely N-dealkylation sites (tertiary alicyclic amines) is 1. The van der Waals surface area contributed by atoms with E-state index in [0.717, 1.165) is 73.2 Å². The molecule has 0 saturated carbocycles. The van der Waals surface area contributed by atoms with Gasteiger partial charge in [0.1, 0.15) is 22.5 Å². The molecule has 36 heavy (non-hydrogen) atoms. The second-order valence-corrected chi connectivity index (χ2v) is 10.4. The molecule has 186 valence electrons. The molecule has 0 atom stereocenters. The highest BCUT2D eigenvalue weighted by atomic mass is 32.1. The number of nitrogens with one attached hydrogen (secondary N) is 1. The van der Waals surface area contributed by atoms with E-state index >= 15 is 0 Å². The van der Waals surface area contributed by atoms with Gasteiger partial charge in [-0.1, -0.05) is 12.1 Å². The van der Waals surface area contributed by atoms with Crippen LogP contribution in [0.1, 0.15) is 24.1 Å². The summed E-state index contributed by atoms with van der Waals surface area (Å²) in [4.78, 5) is 19.2. The number of aryl methyl sites for hydroxylation is 1. The third-order valence-corrected chi connectivity index (χ3v) is 7.86. The largest absolute Gasteiger partial charge is 0.378 e. The first-order valence-electron chi connectivity index (χ1n) is 12.5. The first kappa shape index (κ1) is 23.3. The Morgan fingerprint density at radius 2 is 1.86 bits per heavy atom. The average Bonchev–Trinajstić information content (AvgIpc) is 3.54. The van der Waals surface area contributed by atoms with Crippen molar-refractivity contribution in [1.82, 2.24) is 19.9 Å². The molecule has 0 bridgehead atoms. The third-order valence-electron chi connectivity index (χ3n) is 6.84.